The lowest BCUT2D eigenvalue weighted by atomic mass is 10.0. The third-order valence-electron chi connectivity index (χ3n) is 2.55. The second kappa shape index (κ2) is 4.75. The number of benzene rings is 1. The minimum Gasteiger partial charge on any atom is -0.476 e. The summed E-state index contributed by atoms with van der Waals surface area (Å²) in [6.45, 7) is 0. The van der Waals surface area contributed by atoms with E-state index in [1.165, 1.54) is 24.3 Å². The van der Waals surface area contributed by atoms with Crippen LogP contribution in [0.5, 0.6) is 0 Å². The highest BCUT2D eigenvalue weighted by Gasteiger charge is 2.32. The maximum Gasteiger partial charge on any atom is 0.416 e. The lowest BCUT2D eigenvalue weighted by Gasteiger charge is -2.11. The maximum absolute atomic E-state index is 12.8. The minimum atomic E-state index is -4.44. The van der Waals surface area contributed by atoms with Crippen molar-refractivity contribution in [2.75, 3.05) is 0 Å². The molecule has 0 amide bonds. The molecule has 1 aromatic heterocycles. The fourth-order valence-electron chi connectivity index (χ4n) is 1.72. The molecule has 0 saturated heterocycles. The number of halogens is 3. The van der Waals surface area contributed by atoms with E-state index in [9.17, 15) is 18.0 Å². The van der Waals surface area contributed by atoms with E-state index in [2.05, 4.69) is 10.2 Å². The number of hydrogen-bond donors (Lipinski definition) is 2. The van der Waals surface area contributed by atoms with Gasteiger partial charge in [-0.05, 0) is 17.7 Å². The van der Waals surface area contributed by atoms with E-state index in [1.807, 2.05) is 0 Å². The minimum absolute atomic E-state index is 0.0596. The summed E-state index contributed by atoms with van der Waals surface area (Å²) >= 11 is 0. The van der Waals surface area contributed by atoms with Crippen molar-refractivity contribution in [2.45, 2.75) is 12.6 Å². The smallest absolute Gasteiger partial charge is 0.416 e. The van der Waals surface area contributed by atoms with Gasteiger partial charge in [-0.15, -0.1) is 0 Å². The highest BCUT2D eigenvalue weighted by atomic mass is 19.4. The number of carbonyl (C=O) groups is 1. The summed E-state index contributed by atoms with van der Waals surface area (Å²) in [5.74, 6) is -1.23. The van der Waals surface area contributed by atoms with E-state index >= 15 is 0 Å². The van der Waals surface area contributed by atoms with Crippen molar-refractivity contribution in [3.63, 3.8) is 0 Å². The summed E-state index contributed by atoms with van der Waals surface area (Å²) in [6.07, 6.45) is -4.50. The topological polar surface area (TPSA) is 66.0 Å². The lowest BCUT2D eigenvalue weighted by Crippen LogP contribution is -2.09. The van der Waals surface area contributed by atoms with Crippen molar-refractivity contribution in [1.29, 1.82) is 0 Å². The van der Waals surface area contributed by atoms with Gasteiger partial charge in [0.2, 0.25) is 0 Å². The van der Waals surface area contributed by atoms with Crippen LogP contribution in [-0.4, -0.2) is 21.3 Å². The van der Waals surface area contributed by atoms with Gasteiger partial charge in [0, 0.05) is 12.1 Å². The standard InChI is InChI=1S/C12H9F3N2O2/c13-12(14,15)9-4-2-1-3-7(9)5-8-6-10(11(18)19)17-16-8/h1-4,6H,5H2,(H,16,17)(H,18,19). The third kappa shape index (κ3) is 2.93. The first kappa shape index (κ1) is 13.1. The van der Waals surface area contributed by atoms with Crippen molar-refractivity contribution in [3.05, 3.63) is 52.8 Å². The molecular weight excluding hydrogens is 261 g/mol. The predicted molar refractivity (Wildman–Crippen MR) is 59.8 cm³/mol. The zero-order chi connectivity index (χ0) is 14.0. The normalized spacial score (nSPS) is 11.5. The third-order valence-corrected chi connectivity index (χ3v) is 2.55. The molecular formula is C12H9F3N2O2. The number of aromatic amines is 1. The van der Waals surface area contributed by atoms with E-state index in [1.54, 1.807) is 0 Å². The summed E-state index contributed by atoms with van der Waals surface area (Å²) in [7, 11) is 0. The predicted octanol–water partition coefficient (Wildman–Crippen LogP) is 2.72. The molecule has 1 aromatic carbocycles. The van der Waals surface area contributed by atoms with Gasteiger partial charge in [0.25, 0.3) is 0 Å². The Morgan fingerprint density at radius 2 is 2.00 bits per heavy atom. The molecule has 4 nitrogen and oxygen atoms in total. The highest BCUT2D eigenvalue weighted by molar-refractivity contribution is 5.85. The van der Waals surface area contributed by atoms with Crippen molar-refractivity contribution < 1.29 is 23.1 Å². The van der Waals surface area contributed by atoms with Crippen LogP contribution in [0.3, 0.4) is 0 Å². The molecule has 19 heavy (non-hydrogen) atoms. The van der Waals surface area contributed by atoms with Gasteiger partial charge in [-0.25, -0.2) is 4.79 Å². The number of aromatic carboxylic acids is 1. The van der Waals surface area contributed by atoms with Gasteiger partial charge in [-0.2, -0.15) is 18.3 Å². The fraction of sp³-hybridized carbons (Fsp3) is 0.167. The first-order valence-electron chi connectivity index (χ1n) is 5.30. The molecule has 0 unspecified atom stereocenters. The number of carboxylic acid groups (broad SMARTS) is 1. The Morgan fingerprint density at radius 3 is 2.58 bits per heavy atom. The maximum atomic E-state index is 12.8. The summed E-state index contributed by atoms with van der Waals surface area (Å²) in [5, 5.41) is 14.6. The first-order chi connectivity index (χ1) is 8.88. The Bertz CT molecular complexity index is 605. The largest absolute Gasteiger partial charge is 0.476 e. The lowest BCUT2D eigenvalue weighted by molar-refractivity contribution is -0.138. The van der Waals surface area contributed by atoms with Crippen molar-refractivity contribution >= 4 is 5.97 Å². The Kier molecular flexibility index (Phi) is 3.28. The molecule has 0 aliphatic heterocycles. The van der Waals surface area contributed by atoms with Gasteiger partial charge in [0.1, 0.15) is 0 Å². The average Bonchev–Trinajstić information content (AvgIpc) is 2.77. The van der Waals surface area contributed by atoms with Gasteiger partial charge in [-0.3, -0.25) is 5.10 Å². The van der Waals surface area contributed by atoms with Crippen LogP contribution in [0.4, 0.5) is 13.2 Å². The summed E-state index contributed by atoms with van der Waals surface area (Å²) in [6, 6.07) is 6.37. The monoisotopic (exact) mass is 270 g/mol. The fourth-order valence-corrected chi connectivity index (χ4v) is 1.72. The number of rotatable bonds is 3. The second-order valence-electron chi connectivity index (χ2n) is 3.92. The van der Waals surface area contributed by atoms with Gasteiger partial charge in [0.15, 0.2) is 5.69 Å². The first-order valence-corrected chi connectivity index (χ1v) is 5.30. The molecule has 2 aromatic rings. The van der Waals surface area contributed by atoms with E-state index < -0.39 is 17.7 Å². The Labute approximate surface area is 105 Å². The van der Waals surface area contributed by atoms with Crippen LogP contribution in [0.1, 0.15) is 27.3 Å². The molecule has 0 radical (unpaired) electrons. The highest BCUT2D eigenvalue weighted by Crippen LogP contribution is 2.32. The van der Waals surface area contributed by atoms with Crippen LogP contribution in [-0.2, 0) is 12.6 Å². The number of H-pyrrole nitrogens is 1. The molecule has 100 valence electrons. The number of carboxylic acids is 1. The molecule has 0 spiro atoms. The van der Waals surface area contributed by atoms with Crippen molar-refractivity contribution in [2.24, 2.45) is 0 Å². The second-order valence-corrected chi connectivity index (χ2v) is 3.92. The molecule has 2 N–H and O–H groups in total. The number of alkyl halides is 3. The van der Waals surface area contributed by atoms with Crippen LogP contribution >= 0.6 is 0 Å². The molecule has 0 aliphatic rings. The molecule has 2 rings (SSSR count). The molecule has 7 heteroatoms. The molecule has 0 bridgehead atoms. The van der Waals surface area contributed by atoms with E-state index in [0.717, 1.165) is 6.07 Å². The van der Waals surface area contributed by atoms with Crippen molar-refractivity contribution in [1.82, 2.24) is 10.2 Å². The molecule has 0 fully saturated rings. The zero-order valence-corrected chi connectivity index (χ0v) is 9.53. The van der Waals surface area contributed by atoms with Crippen LogP contribution in [0.2, 0.25) is 0 Å². The molecule has 0 saturated carbocycles. The number of nitrogens with one attached hydrogen (secondary N) is 1. The van der Waals surface area contributed by atoms with E-state index in [0.29, 0.717) is 5.69 Å². The zero-order valence-electron chi connectivity index (χ0n) is 9.53. The van der Waals surface area contributed by atoms with Gasteiger partial charge >= 0.3 is 12.1 Å². The SMILES string of the molecule is O=C(O)c1cc(Cc2ccccc2C(F)(F)F)[nH]n1. The molecule has 0 atom stereocenters. The van der Waals surface area contributed by atoms with Crippen LogP contribution in [0, 0.1) is 0 Å². The number of nitrogens with zero attached hydrogens (tertiary/aromatic N) is 1. The summed E-state index contributed by atoms with van der Waals surface area (Å²) in [5.41, 5.74) is -0.578. The van der Waals surface area contributed by atoms with Crippen LogP contribution in [0.25, 0.3) is 0 Å². The number of hydrogen-bond acceptors (Lipinski definition) is 2. The van der Waals surface area contributed by atoms with Gasteiger partial charge < -0.3 is 5.11 Å². The quantitative estimate of drug-likeness (QED) is 0.901. The van der Waals surface area contributed by atoms with Gasteiger partial charge in [-0.1, -0.05) is 18.2 Å². The Hall–Kier alpha value is -2.31. The Morgan fingerprint density at radius 1 is 1.32 bits per heavy atom. The number of aromatic nitrogens is 2. The average molecular weight is 270 g/mol. The van der Waals surface area contributed by atoms with Gasteiger partial charge in [0.05, 0.1) is 5.56 Å². The van der Waals surface area contributed by atoms with Crippen LogP contribution in [0.15, 0.2) is 30.3 Å². The van der Waals surface area contributed by atoms with Crippen molar-refractivity contribution in [3.8, 4) is 0 Å². The summed E-state index contributed by atoms with van der Waals surface area (Å²) < 4.78 is 38.3. The Balaban J connectivity index is 2.30. The van der Waals surface area contributed by atoms with E-state index in [4.69, 9.17) is 5.11 Å². The summed E-state index contributed by atoms with van der Waals surface area (Å²) in [4.78, 5) is 10.6. The van der Waals surface area contributed by atoms with Crippen LogP contribution < -0.4 is 0 Å². The molecule has 0 aliphatic carbocycles. The van der Waals surface area contributed by atoms with E-state index in [-0.39, 0.29) is 17.7 Å². The molecule has 1 heterocycles.